The van der Waals surface area contributed by atoms with Crippen molar-refractivity contribution in [3.05, 3.63) is 40.3 Å². The van der Waals surface area contributed by atoms with Crippen LogP contribution < -0.4 is 0 Å². The summed E-state index contributed by atoms with van der Waals surface area (Å²) in [5.74, 6) is 1.09. The summed E-state index contributed by atoms with van der Waals surface area (Å²) in [6.45, 7) is 0. The molecule has 24 heavy (non-hydrogen) atoms. The Morgan fingerprint density at radius 2 is 1.96 bits per heavy atom. The first-order valence-electron chi connectivity index (χ1n) is 7.91. The van der Waals surface area contributed by atoms with Crippen LogP contribution in [0, 0.1) is 27.9 Å². The number of carbonyl (C=O) groups excluding carboxylic acids is 1. The second-order valence-electron chi connectivity index (χ2n) is 6.68. The molecule has 2 saturated carbocycles. The summed E-state index contributed by atoms with van der Waals surface area (Å²) in [6, 6.07) is 5.99. The molecular weight excluding hydrogens is 314 g/mol. The van der Waals surface area contributed by atoms with Gasteiger partial charge in [-0.1, -0.05) is 5.16 Å². The standard InChI is InChI=1S/C16H13N3O5/c20-16-13-10-5-8(6-11(10)23-16)12(13)15-17-14(18-24-15)7-1-3-9(4-2-7)19(21)22/h1-4,8,10-13H,5-6H2. The van der Waals surface area contributed by atoms with Gasteiger partial charge in [0.05, 0.1) is 16.8 Å². The monoisotopic (exact) mass is 327 g/mol. The third-order valence-corrected chi connectivity index (χ3v) is 5.55. The van der Waals surface area contributed by atoms with Crippen molar-refractivity contribution >= 4 is 11.7 Å². The highest BCUT2D eigenvalue weighted by molar-refractivity contribution is 5.78. The van der Waals surface area contributed by atoms with Gasteiger partial charge in [0.1, 0.15) is 6.10 Å². The lowest BCUT2D eigenvalue weighted by Gasteiger charge is -2.20. The Morgan fingerprint density at radius 1 is 1.17 bits per heavy atom. The van der Waals surface area contributed by atoms with Crippen molar-refractivity contribution in [1.29, 1.82) is 0 Å². The number of aromatic nitrogens is 2. The van der Waals surface area contributed by atoms with Gasteiger partial charge in [-0.05, 0) is 30.9 Å². The zero-order valence-electron chi connectivity index (χ0n) is 12.5. The molecule has 122 valence electrons. The average Bonchev–Trinajstić information content (AvgIpc) is 3.30. The molecular formula is C16H13N3O5. The SMILES string of the molecule is O=C1OC2CC3CC2C1C3c1nc(-c2ccc([N+](=O)[O-])cc2)no1. The molecule has 0 spiro atoms. The van der Waals surface area contributed by atoms with Gasteiger partial charge in [-0.3, -0.25) is 14.9 Å². The largest absolute Gasteiger partial charge is 0.462 e. The predicted octanol–water partition coefficient (Wildman–Crippen LogP) is 2.31. The van der Waals surface area contributed by atoms with Gasteiger partial charge in [-0.2, -0.15) is 4.98 Å². The lowest BCUT2D eigenvalue weighted by Crippen LogP contribution is -2.24. The normalized spacial score (nSPS) is 33.0. The van der Waals surface area contributed by atoms with Gasteiger partial charge in [0.2, 0.25) is 11.7 Å². The number of rotatable bonds is 3. The Morgan fingerprint density at radius 3 is 2.71 bits per heavy atom. The molecule has 2 bridgehead atoms. The minimum atomic E-state index is -0.456. The number of esters is 1. The first-order chi connectivity index (χ1) is 11.6. The van der Waals surface area contributed by atoms with Crippen molar-refractivity contribution < 1.29 is 19.0 Å². The van der Waals surface area contributed by atoms with Crippen LogP contribution in [0.5, 0.6) is 0 Å². The van der Waals surface area contributed by atoms with Crippen LogP contribution in [0.3, 0.4) is 0 Å². The molecule has 1 aliphatic heterocycles. The lowest BCUT2D eigenvalue weighted by atomic mass is 9.80. The molecule has 8 heteroatoms. The second-order valence-corrected chi connectivity index (χ2v) is 6.68. The number of fused-ring (bicyclic) bond motifs is 1. The molecule has 2 aliphatic carbocycles. The average molecular weight is 327 g/mol. The molecule has 1 aromatic carbocycles. The summed E-state index contributed by atoms with van der Waals surface area (Å²) < 4.78 is 10.9. The summed E-state index contributed by atoms with van der Waals surface area (Å²) in [5.41, 5.74) is 0.654. The summed E-state index contributed by atoms with van der Waals surface area (Å²) in [6.07, 6.45) is 1.91. The molecule has 2 aromatic rings. The Balaban J connectivity index is 1.45. The van der Waals surface area contributed by atoms with E-state index in [1.165, 1.54) is 12.1 Å². The van der Waals surface area contributed by atoms with Gasteiger partial charge in [0, 0.05) is 23.6 Å². The van der Waals surface area contributed by atoms with E-state index in [2.05, 4.69) is 10.1 Å². The molecule has 3 fully saturated rings. The summed E-state index contributed by atoms with van der Waals surface area (Å²) in [7, 11) is 0. The number of carbonyl (C=O) groups is 1. The molecule has 1 saturated heterocycles. The van der Waals surface area contributed by atoms with Crippen LogP contribution in [0.1, 0.15) is 24.7 Å². The fourth-order valence-electron chi connectivity index (χ4n) is 4.56. The number of nitrogens with zero attached hydrogens (tertiary/aromatic N) is 3. The number of benzene rings is 1. The lowest BCUT2D eigenvalue weighted by molar-refractivity contribution is -0.384. The van der Waals surface area contributed by atoms with E-state index >= 15 is 0 Å². The van der Waals surface area contributed by atoms with Crippen molar-refractivity contribution in [3.63, 3.8) is 0 Å². The number of hydrogen-bond donors (Lipinski definition) is 0. The molecule has 5 unspecified atom stereocenters. The van der Waals surface area contributed by atoms with Crippen LogP contribution in [0.25, 0.3) is 11.4 Å². The molecule has 0 amide bonds. The van der Waals surface area contributed by atoms with Crippen LogP contribution >= 0.6 is 0 Å². The van der Waals surface area contributed by atoms with Gasteiger partial charge in [-0.15, -0.1) is 0 Å². The van der Waals surface area contributed by atoms with E-state index in [1.54, 1.807) is 12.1 Å². The van der Waals surface area contributed by atoms with Crippen LogP contribution in [-0.2, 0) is 9.53 Å². The minimum absolute atomic E-state index is 0.00955. The number of ether oxygens (including phenoxy) is 1. The van der Waals surface area contributed by atoms with Crippen LogP contribution in [0.2, 0.25) is 0 Å². The zero-order valence-corrected chi connectivity index (χ0v) is 12.5. The molecule has 8 nitrogen and oxygen atoms in total. The van der Waals surface area contributed by atoms with E-state index in [4.69, 9.17) is 9.26 Å². The van der Waals surface area contributed by atoms with Crippen LogP contribution in [0.15, 0.2) is 28.8 Å². The molecule has 5 atom stereocenters. The Hall–Kier alpha value is -2.77. The van der Waals surface area contributed by atoms with Gasteiger partial charge in [0.25, 0.3) is 5.69 Å². The smallest absolute Gasteiger partial charge is 0.310 e. The van der Waals surface area contributed by atoms with Crippen molar-refractivity contribution in [2.24, 2.45) is 17.8 Å². The van der Waals surface area contributed by atoms with E-state index in [9.17, 15) is 14.9 Å². The highest BCUT2D eigenvalue weighted by atomic mass is 16.6. The van der Waals surface area contributed by atoms with Gasteiger partial charge in [0.15, 0.2) is 0 Å². The van der Waals surface area contributed by atoms with Crippen molar-refractivity contribution in [2.75, 3.05) is 0 Å². The first-order valence-corrected chi connectivity index (χ1v) is 7.91. The number of nitro groups is 1. The Kier molecular flexibility index (Phi) is 2.63. The maximum Gasteiger partial charge on any atom is 0.310 e. The molecule has 0 radical (unpaired) electrons. The number of hydrogen-bond acceptors (Lipinski definition) is 7. The third kappa shape index (κ3) is 1.76. The van der Waals surface area contributed by atoms with E-state index in [1.807, 2.05) is 0 Å². The van der Waals surface area contributed by atoms with Gasteiger partial charge in [-0.25, -0.2) is 0 Å². The molecule has 5 rings (SSSR count). The zero-order chi connectivity index (χ0) is 16.4. The first kappa shape index (κ1) is 13.6. The topological polar surface area (TPSA) is 108 Å². The molecule has 3 aliphatic rings. The van der Waals surface area contributed by atoms with Crippen molar-refractivity contribution in [1.82, 2.24) is 10.1 Å². The van der Waals surface area contributed by atoms with Crippen LogP contribution in [-0.4, -0.2) is 27.1 Å². The molecule has 1 aromatic heterocycles. The Labute approximate surface area is 136 Å². The summed E-state index contributed by atoms with van der Waals surface area (Å²) >= 11 is 0. The maximum absolute atomic E-state index is 12.1. The predicted molar refractivity (Wildman–Crippen MR) is 78.7 cm³/mol. The number of nitro benzene ring substituents is 1. The van der Waals surface area contributed by atoms with E-state index in [0.29, 0.717) is 23.2 Å². The summed E-state index contributed by atoms with van der Waals surface area (Å²) in [4.78, 5) is 26.8. The summed E-state index contributed by atoms with van der Waals surface area (Å²) in [5, 5.41) is 14.7. The van der Waals surface area contributed by atoms with Crippen molar-refractivity contribution in [3.8, 4) is 11.4 Å². The van der Waals surface area contributed by atoms with E-state index < -0.39 is 4.92 Å². The Bertz CT molecular complexity index is 844. The number of non-ortho nitro benzene ring substituents is 1. The van der Waals surface area contributed by atoms with Gasteiger partial charge < -0.3 is 9.26 Å². The fourth-order valence-corrected chi connectivity index (χ4v) is 4.56. The highest BCUT2D eigenvalue weighted by Gasteiger charge is 2.63. The maximum atomic E-state index is 12.1. The van der Waals surface area contributed by atoms with E-state index in [0.717, 1.165) is 12.8 Å². The molecule has 2 heterocycles. The second kappa shape index (κ2) is 4.62. The van der Waals surface area contributed by atoms with E-state index in [-0.39, 0.29) is 35.5 Å². The highest BCUT2D eigenvalue weighted by Crippen LogP contribution is 2.61. The third-order valence-electron chi connectivity index (χ3n) is 5.55. The van der Waals surface area contributed by atoms with Crippen molar-refractivity contribution in [2.45, 2.75) is 24.9 Å². The van der Waals surface area contributed by atoms with Crippen LogP contribution in [0.4, 0.5) is 5.69 Å². The minimum Gasteiger partial charge on any atom is -0.462 e. The fraction of sp³-hybridized carbons (Fsp3) is 0.438. The molecule has 0 N–H and O–H groups in total. The van der Waals surface area contributed by atoms with Gasteiger partial charge >= 0.3 is 5.97 Å². The quantitative estimate of drug-likeness (QED) is 0.483.